The van der Waals surface area contributed by atoms with Gasteiger partial charge in [0.1, 0.15) is 0 Å². The van der Waals surface area contributed by atoms with Crippen molar-refractivity contribution in [3.8, 4) is 0 Å². The molecule has 20 heavy (non-hydrogen) atoms. The Hall–Kier alpha value is -0.970. The van der Waals surface area contributed by atoms with E-state index in [1.807, 2.05) is 12.4 Å². The summed E-state index contributed by atoms with van der Waals surface area (Å²) in [7, 11) is 0. The van der Waals surface area contributed by atoms with Crippen LogP contribution in [0.2, 0.25) is 0 Å². The van der Waals surface area contributed by atoms with E-state index >= 15 is 0 Å². The van der Waals surface area contributed by atoms with E-state index in [0.29, 0.717) is 6.04 Å². The van der Waals surface area contributed by atoms with Crippen LogP contribution in [0.5, 0.6) is 0 Å². The van der Waals surface area contributed by atoms with E-state index in [0.717, 1.165) is 58.5 Å². The molecule has 2 aliphatic heterocycles. The molecule has 0 aromatic carbocycles. The lowest BCUT2D eigenvalue weighted by atomic mass is 9.84. The third-order valence-corrected chi connectivity index (χ3v) is 4.49. The van der Waals surface area contributed by atoms with Crippen LogP contribution in [0.3, 0.4) is 0 Å². The van der Waals surface area contributed by atoms with Crippen molar-refractivity contribution in [2.45, 2.75) is 43.7 Å². The highest BCUT2D eigenvalue weighted by Gasteiger charge is 2.38. The largest absolute Gasteiger partial charge is 0.381 e. The van der Waals surface area contributed by atoms with Crippen LogP contribution in [0.25, 0.3) is 0 Å². The Bertz CT molecular complexity index is 399. The molecule has 1 spiro atoms. The van der Waals surface area contributed by atoms with Gasteiger partial charge >= 0.3 is 0 Å². The maximum absolute atomic E-state index is 6.07. The Balaban J connectivity index is 1.45. The van der Waals surface area contributed by atoms with Crippen molar-refractivity contribution in [3.05, 3.63) is 30.1 Å². The summed E-state index contributed by atoms with van der Waals surface area (Å²) in [6, 6.07) is 4.76. The highest BCUT2D eigenvalue weighted by atomic mass is 16.5. The minimum absolute atomic E-state index is 0.0881. The topological polar surface area (TPSA) is 43.4 Å². The summed E-state index contributed by atoms with van der Waals surface area (Å²) in [5, 5.41) is 3.70. The number of nitrogens with one attached hydrogen (secondary N) is 1. The van der Waals surface area contributed by atoms with Crippen molar-refractivity contribution in [2.75, 3.05) is 26.4 Å². The highest BCUT2D eigenvalue weighted by Crippen LogP contribution is 2.34. The minimum atomic E-state index is 0.0881. The Morgan fingerprint density at radius 3 is 2.80 bits per heavy atom. The number of aromatic nitrogens is 1. The first-order valence-corrected chi connectivity index (χ1v) is 7.70. The number of ether oxygens (including phenoxy) is 2. The van der Waals surface area contributed by atoms with Gasteiger partial charge in [-0.25, -0.2) is 0 Å². The summed E-state index contributed by atoms with van der Waals surface area (Å²) in [5.41, 5.74) is 1.44. The monoisotopic (exact) mass is 276 g/mol. The summed E-state index contributed by atoms with van der Waals surface area (Å²) in [6.45, 7) is 3.61. The van der Waals surface area contributed by atoms with Crippen LogP contribution in [0.1, 0.15) is 31.2 Å². The molecule has 3 rings (SSSR count). The summed E-state index contributed by atoms with van der Waals surface area (Å²) < 4.78 is 11.5. The normalized spacial score (nSPS) is 25.7. The third-order valence-electron chi connectivity index (χ3n) is 4.49. The molecule has 0 saturated carbocycles. The smallest absolute Gasteiger partial charge is 0.0741 e. The molecule has 2 saturated heterocycles. The molecule has 1 aromatic rings. The molecule has 4 heteroatoms. The second-order valence-electron chi connectivity index (χ2n) is 5.89. The average Bonchev–Trinajstić information content (AvgIpc) is 2.49. The number of nitrogens with zero attached hydrogens (tertiary/aromatic N) is 1. The van der Waals surface area contributed by atoms with Gasteiger partial charge in [-0.05, 0) is 56.3 Å². The average molecular weight is 276 g/mol. The zero-order valence-electron chi connectivity index (χ0n) is 12.0. The number of pyridine rings is 1. The first kappa shape index (κ1) is 14.0. The summed E-state index contributed by atoms with van der Waals surface area (Å²) in [6.07, 6.45) is 9.15. The highest BCUT2D eigenvalue weighted by molar-refractivity contribution is 5.09. The molecule has 1 atom stereocenters. The fourth-order valence-corrected chi connectivity index (χ4v) is 3.26. The summed E-state index contributed by atoms with van der Waals surface area (Å²) in [5.74, 6) is 0. The van der Waals surface area contributed by atoms with Gasteiger partial charge in [0.05, 0.1) is 5.60 Å². The van der Waals surface area contributed by atoms with Gasteiger partial charge in [0, 0.05) is 38.3 Å². The molecule has 0 aliphatic carbocycles. The zero-order chi connectivity index (χ0) is 13.7. The van der Waals surface area contributed by atoms with Crippen LogP contribution < -0.4 is 5.32 Å². The maximum Gasteiger partial charge on any atom is 0.0741 e. The van der Waals surface area contributed by atoms with Crippen molar-refractivity contribution in [1.82, 2.24) is 10.3 Å². The van der Waals surface area contributed by atoms with Crippen LogP contribution in [-0.2, 0) is 15.9 Å². The number of hydrogen-bond donors (Lipinski definition) is 1. The van der Waals surface area contributed by atoms with Gasteiger partial charge in [-0.3, -0.25) is 4.98 Å². The quantitative estimate of drug-likeness (QED) is 0.913. The van der Waals surface area contributed by atoms with Gasteiger partial charge in [0.2, 0.25) is 0 Å². The fourth-order valence-electron chi connectivity index (χ4n) is 3.26. The fraction of sp³-hybridized carbons (Fsp3) is 0.688. The van der Waals surface area contributed by atoms with E-state index in [-0.39, 0.29) is 5.60 Å². The predicted molar refractivity (Wildman–Crippen MR) is 77.7 cm³/mol. The molecular formula is C16H24N2O2. The Morgan fingerprint density at radius 1 is 1.20 bits per heavy atom. The van der Waals surface area contributed by atoms with Crippen LogP contribution >= 0.6 is 0 Å². The van der Waals surface area contributed by atoms with Gasteiger partial charge in [0.15, 0.2) is 0 Å². The lowest BCUT2D eigenvalue weighted by Gasteiger charge is -2.43. The molecule has 0 radical (unpaired) electrons. The SMILES string of the molecule is c1cc(CCN[C@H]2CCOC3(CCOCC3)C2)ccn1. The van der Waals surface area contributed by atoms with E-state index < -0.39 is 0 Å². The molecule has 0 amide bonds. The molecule has 2 aliphatic rings. The Morgan fingerprint density at radius 2 is 2.00 bits per heavy atom. The van der Waals surface area contributed by atoms with E-state index in [4.69, 9.17) is 9.47 Å². The molecule has 110 valence electrons. The lowest BCUT2D eigenvalue weighted by Crippen LogP contribution is -2.50. The van der Waals surface area contributed by atoms with Gasteiger partial charge in [-0.1, -0.05) is 0 Å². The van der Waals surface area contributed by atoms with E-state index in [2.05, 4.69) is 22.4 Å². The van der Waals surface area contributed by atoms with Crippen molar-refractivity contribution < 1.29 is 9.47 Å². The Labute approximate surface area is 120 Å². The molecule has 0 bridgehead atoms. The third kappa shape index (κ3) is 3.57. The van der Waals surface area contributed by atoms with Crippen LogP contribution in [-0.4, -0.2) is 43.0 Å². The molecule has 0 unspecified atom stereocenters. The van der Waals surface area contributed by atoms with Crippen molar-refractivity contribution in [2.24, 2.45) is 0 Å². The second kappa shape index (κ2) is 6.66. The molecule has 2 fully saturated rings. The van der Waals surface area contributed by atoms with E-state index in [9.17, 15) is 0 Å². The molecule has 4 nitrogen and oxygen atoms in total. The first-order chi connectivity index (χ1) is 9.86. The minimum Gasteiger partial charge on any atom is -0.381 e. The molecular weight excluding hydrogens is 252 g/mol. The molecule has 1 N–H and O–H groups in total. The van der Waals surface area contributed by atoms with E-state index in [1.54, 1.807) is 0 Å². The second-order valence-corrected chi connectivity index (χ2v) is 5.89. The Kier molecular flexibility index (Phi) is 4.65. The molecule has 1 aromatic heterocycles. The van der Waals surface area contributed by atoms with Gasteiger partial charge in [-0.15, -0.1) is 0 Å². The maximum atomic E-state index is 6.07. The van der Waals surface area contributed by atoms with E-state index in [1.165, 1.54) is 5.56 Å². The van der Waals surface area contributed by atoms with Crippen LogP contribution in [0, 0.1) is 0 Å². The van der Waals surface area contributed by atoms with Gasteiger partial charge in [0.25, 0.3) is 0 Å². The van der Waals surface area contributed by atoms with Crippen molar-refractivity contribution >= 4 is 0 Å². The van der Waals surface area contributed by atoms with Gasteiger partial charge < -0.3 is 14.8 Å². The number of hydrogen-bond acceptors (Lipinski definition) is 4. The predicted octanol–water partition coefficient (Wildman–Crippen LogP) is 1.94. The van der Waals surface area contributed by atoms with Crippen molar-refractivity contribution in [1.29, 1.82) is 0 Å². The summed E-state index contributed by atoms with van der Waals surface area (Å²) in [4.78, 5) is 4.05. The van der Waals surface area contributed by atoms with Crippen molar-refractivity contribution in [3.63, 3.8) is 0 Å². The molecule has 3 heterocycles. The number of rotatable bonds is 4. The lowest BCUT2D eigenvalue weighted by molar-refractivity contribution is -0.140. The van der Waals surface area contributed by atoms with Gasteiger partial charge in [-0.2, -0.15) is 0 Å². The zero-order valence-corrected chi connectivity index (χ0v) is 12.0. The van der Waals surface area contributed by atoms with Crippen LogP contribution in [0.15, 0.2) is 24.5 Å². The van der Waals surface area contributed by atoms with Crippen LogP contribution in [0.4, 0.5) is 0 Å². The standard InChI is InChI=1S/C16H24N2O2/c1-7-17-8-2-14(1)3-9-18-15-4-10-20-16(13-15)5-11-19-12-6-16/h1-2,7-8,15,18H,3-6,9-13H2/t15-/m0/s1. The summed E-state index contributed by atoms with van der Waals surface area (Å²) >= 11 is 0. The first-order valence-electron chi connectivity index (χ1n) is 7.70.